The summed E-state index contributed by atoms with van der Waals surface area (Å²) in [5, 5.41) is 22.1. The van der Waals surface area contributed by atoms with Gasteiger partial charge in [0.15, 0.2) is 23.6 Å². The Balaban J connectivity index is 1.22. The molecule has 4 unspecified atom stereocenters. The lowest BCUT2D eigenvalue weighted by Gasteiger charge is -2.26. The van der Waals surface area contributed by atoms with Gasteiger partial charge in [-0.15, -0.1) is 0 Å². The van der Waals surface area contributed by atoms with Crippen molar-refractivity contribution in [2.24, 2.45) is 0 Å². The number of rotatable bonds is 2. The Bertz CT molecular complexity index is 1830. The van der Waals surface area contributed by atoms with Crippen molar-refractivity contribution in [3.8, 4) is 0 Å². The number of hydrogen-bond acceptors (Lipinski definition) is 14. The van der Waals surface area contributed by atoms with Crippen molar-refractivity contribution in [1.29, 1.82) is 0 Å². The molecular formula is C22H24N6O13P2. The number of aliphatic hydroxyl groups is 2. The van der Waals surface area contributed by atoms with E-state index in [4.69, 9.17) is 27.6 Å². The number of aliphatic hydroxyl groups excluding tert-OH is 2. The molecule has 230 valence electrons. The third-order valence-corrected chi connectivity index (χ3v) is 9.30. The maximum Gasteiger partial charge on any atom is 0.472 e. The first-order valence-corrected chi connectivity index (χ1v) is 15.8. The summed E-state index contributed by atoms with van der Waals surface area (Å²) >= 11 is 0. The van der Waals surface area contributed by atoms with Gasteiger partial charge in [0.05, 0.1) is 43.2 Å². The number of nitrogens with zero attached hydrogens (tertiary/aromatic N) is 5. The van der Waals surface area contributed by atoms with Crippen LogP contribution in [-0.2, 0) is 36.7 Å². The van der Waals surface area contributed by atoms with Crippen molar-refractivity contribution in [3.05, 3.63) is 53.6 Å². The van der Waals surface area contributed by atoms with Gasteiger partial charge in [0.2, 0.25) is 0 Å². The van der Waals surface area contributed by atoms with Crippen LogP contribution in [0.3, 0.4) is 0 Å². The minimum Gasteiger partial charge on any atom is -0.387 e. The number of ether oxygens (including phenoxy) is 2. The minimum atomic E-state index is -5.02. The Hall–Kier alpha value is -2.90. The van der Waals surface area contributed by atoms with Crippen molar-refractivity contribution in [1.82, 2.24) is 29.1 Å². The second-order valence-corrected chi connectivity index (χ2v) is 12.8. The summed E-state index contributed by atoms with van der Waals surface area (Å²) in [5.41, 5.74) is 0.419. The Morgan fingerprint density at radius 3 is 2.07 bits per heavy atom. The Morgan fingerprint density at radius 1 is 0.837 bits per heavy atom. The molecule has 0 spiro atoms. The van der Waals surface area contributed by atoms with Crippen LogP contribution in [-0.4, -0.2) is 98.9 Å². The molecule has 21 heteroatoms. The fraction of sp³-hybridized carbons (Fsp3) is 0.455. The van der Waals surface area contributed by atoms with Crippen LogP contribution in [0.1, 0.15) is 12.5 Å². The average molecular weight is 642 g/mol. The highest BCUT2D eigenvalue weighted by Crippen LogP contribution is 2.53. The van der Waals surface area contributed by atoms with Crippen LogP contribution < -0.4 is 5.56 Å². The van der Waals surface area contributed by atoms with E-state index in [1.165, 1.54) is 15.5 Å². The Labute approximate surface area is 239 Å². The topological polar surface area (TPSA) is 252 Å². The van der Waals surface area contributed by atoms with Gasteiger partial charge in [0, 0.05) is 0 Å². The molecule has 3 saturated heterocycles. The van der Waals surface area contributed by atoms with Crippen LogP contribution in [0.5, 0.6) is 0 Å². The second kappa shape index (κ2) is 10.6. The zero-order chi connectivity index (χ0) is 30.1. The Kier molecular flexibility index (Phi) is 7.13. The van der Waals surface area contributed by atoms with E-state index >= 15 is 0 Å². The quantitative estimate of drug-likeness (QED) is 0.176. The number of aromatic nitrogens is 6. The van der Waals surface area contributed by atoms with Crippen LogP contribution in [0.2, 0.25) is 0 Å². The van der Waals surface area contributed by atoms with Crippen LogP contribution in [0.4, 0.5) is 0 Å². The lowest BCUT2D eigenvalue weighted by molar-refractivity contribution is -0.0674. The molecule has 3 aliphatic heterocycles. The molecule has 0 radical (unpaired) electrons. The van der Waals surface area contributed by atoms with Gasteiger partial charge >= 0.3 is 15.6 Å². The molecule has 10 atom stereocenters. The van der Waals surface area contributed by atoms with Gasteiger partial charge in [0.25, 0.3) is 5.56 Å². The molecule has 3 aliphatic rings. The van der Waals surface area contributed by atoms with E-state index in [0.717, 1.165) is 12.7 Å². The number of hydrogen-bond donors (Lipinski definition) is 5. The summed E-state index contributed by atoms with van der Waals surface area (Å²) in [6, 6.07) is 6.90. The lowest BCUT2D eigenvalue weighted by atomic mass is 10.1. The summed E-state index contributed by atoms with van der Waals surface area (Å²) in [4.78, 5) is 48.0. The predicted octanol–water partition coefficient (Wildman–Crippen LogP) is -0.296. The molecular weight excluding hydrogens is 618 g/mol. The molecule has 0 amide bonds. The van der Waals surface area contributed by atoms with Gasteiger partial charge in [-0.1, -0.05) is 12.1 Å². The smallest absolute Gasteiger partial charge is 0.387 e. The maximum absolute atomic E-state index is 13.1. The van der Waals surface area contributed by atoms with Crippen molar-refractivity contribution < 1.29 is 56.7 Å². The van der Waals surface area contributed by atoms with Gasteiger partial charge in [-0.3, -0.25) is 27.5 Å². The zero-order valence-electron chi connectivity index (χ0n) is 21.7. The number of benzene rings is 1. The van der Waals surface area contributed by atoms with Crippen LogP contribution in [0, 0.1) is 0 Å². The van der Waals surface area contributed by atoms with E-state index in [9.17, 15) is 33.9 Å². The average Bonchev–Trinajstić information content (AvgIpc) is 3.72. The summed E-state index contributed by atoms with van der Waals surface area (Å²) in [6.07, 6.45) is -8.39. The van der Waals surface area contributed by atoms with E-state index < -0.39 is 83.5 Å². The first-order chi connectivity index (χ1) is 20.5. The SMILES string of the molecule is O=c1[nH]cnc2c1ncn2[C@@H]1O[C@@H]2COP(=O)(O)OC3[C@@H](O)[C@@H](COP(=O)(O)O[C@H]1C2O)O[C@H]3n1cnc2ccccc21. The van der Waals surface area contributed by atoms with Gasteiger partial charge < -0.3 is 39.0 Å². The first kappa shape index (κ1) is 28.8. The van der Waals surface area contributed by atoms with Crippen molar-refractivity contribution in [2.45, 2.75) is 49.1 Å². The monoisotopic (exact) mass is 642 g/mol. The number of fused-ring (bicyclic) bond motifs is 6. The fourth-order valence-electron chi connectivity index (χ4n) is 5.32. The highest BCUT2D eigenvalue weighted by atomic mass is 31.2. The van der Waals surface area contributed by atoms with Gasteiger partial charge in [0.1, 0.15) is 36.6 Å². The van der Waals surface area contributed by atoms with E-state index in [-0.39, 0.29) is 11.2 Å². The standard InChI is InChI=1S/C22H24N6O13P2/c29-15-12-5-36-43(34,35)41-18-16(30)13(39-22(18)28-9-26-14-19(28)23-7-24-20(14)31)6-37-42(32,33)40-17(15)21(38-12)27-8-25-10-3-1-2-4-11(10)27/h1-4,7-9,12-13,15-18,21-22,29-30H,5-6H2,(H,32,33)(H,34,35)(H,23,24,31)/t12-,13-,15+,16?,17?,18+,21-,22-/m1/s1. The zero-order valence-corrected chi connectivity index (χ0v) is 23.5. The molecule has 3 fully saturated rings. The molecule has 19 nitrogen and oxygen atoms in total. The summed E-state index contributed by atoms with van der Waals surface area (Å²) in [5.74, 6) is 0. The van der Waals surface area contributed by atoms with Crippen LogP contribution in [0.15, 0.2) is 48.0 Å². The van der Waals surface area contributed by atoms with Crippen LogP contribution >= 0.6 is 15.6 Å². The van der Waals surface area contributed by atoms with Crippen molar-refractivity contribution in [3.63, 3.8) is 0 Å². The van der Waals surface area contributed by atoms with Crippen LogP contribution in [0.25, 0.3) is 22.2 Å². The number of para-hydroxylation sites is 2. The van der Waals surface area contributed by atoms with Gasteiger partial charge in [-0.05, 0) is 12.1 Å². The molecule has 4 aromatic rings. The maximum atomic E-state index is 13.1. The van der Waals surface area contributed by atoms with Gasteiger partial charge in [-0.2, -0.15) is 0 Å². The number of phosphoric acid groups is 2. The predicted molar refractivity (Wildman–Crippen MR) is 139 cm³/mol. The Morgan fingerprint density at radius 2 is 1.42 bits per heavy atom. The van der Waals surface area contributed by atoms with E-state index in [0.29, 0.717) is 11.0 Å². The number of phosphoric ester groups is 2. The number of imidazole rings is 2. The van der Waals surface area contributed by atoms with Gasteiger partial charge in [-0.25, -0.2) is 24.1 Å². The van der Waals surface area contributed by atoms with E-state index in [2.05, 4.69) is 19.9 Å². The largest absolute Gasteiger partial charge is 0.472 e. The lowest BCUT2D eigenvalue weighted by Crippen LogP contribution is -2.38. The number of H-pyrrole nitrogens is 1. The summed E-state index contributed by atoms with van der Waals surface area (Å²) in [6.45, 7) is -1.51. The van der Waals surface area contributed by atoms with Crippen molar-refractivity contribution in [2.75, 3.05) is 13.2 Å². The molecule has 0 aliphatic carbocycles. The highest BCUT2D eigenvalue weighted by Gasteiger charge is 2.53. The number of aromatic amines is 1. The first-order valence-electron chi connectivity index (χ1n) is 12.8. The third-order valence-electron chi connectivity index (χ3n) is 7.33. The normalized spacial score (nSPS) is 38.9. The third kappa shape index (κ3) is 5.16. The molecule has 1 aromatic carbocycles. The molecule has 0 saturated carbocycles. The summed E-state index contributed by atoms with van der Waals surface area (Å²) < 4.78 is 61.6. The molecule has 43 heavy (non-hydrogen) atoms. The fourth-order valence-corrected chi connectivity index (χ4v) is 7.19. The molecule has 6 heterocycles. The molecule has 3 aromatic heterocycles. The second-order valence-electron chi connectivity index (χ2n) is 9.98. The molecule has 7 rings (SSSR count). The number of nitrogens with one attached hydrogen (secondary N) is 1. The minimum absolute atomic E-state index is 0.00853. The molecule has 4 bridgehead atoms. The van der Waals surface area contributed by atoms with E-state index in [1.54, 1.807) is 24.3 Å². The highest BCUT2D eigenvalue weighted by molar-refractivity contribution is 7.47. The summed E-state index contributed by atoms with van der Waals surface area (Å²) in [7, 11) is -10.0. The van der Waals surface area contributed by atoms with Crippen molar-refractivity contribution >= 4 is 37.8 Å². The molecule has 5 N–H and O–H groups in total. The van der Waals surface area contributed by atoms with E-state index in [1.807, 2.05) is 0 Å².